The van der Waals surface area contributed by atoms with Gasteiger partial charge in [0, 0.05) is 16.7 Å². The van der Waals surface area contributed by atoms with Crippen LogP contribution in [0.4, 0.5) is 0 Å². The Morgan fingerprint density at radius 2 is 0.655 bits per heavy atom. The van der Waals surface area contributed by atoms with E-state index in [1.54, 1.807) is 0 Å². The summed E-state index contributed by atoms with van der Waals surface area (Å²) in [6.45, 7) is 0. The van der Waals surface area contributed by atoms with Crippen LogP contribution < -0.4 is 0 Å². The highest BCUT2D eigenvalue weighted by Gasteiger charge is 2.47. The van der Waals surface area contributed by atoms with Crippen LogP contribution in [0.3, 0.4) is 0 Å². The van der Waals surface area contributed by atoms with E-state index in [9.17, 15) is 0 Å². The molecule has 9 aromatic rings. The van der Waals surface area contributed by atoms with Gasteiger partial charge in [-0.05, 0) is 67.8 Å². The van der Waals surface area contributed by atoms with Gasteiger partial charge in [0.2, 0.25) is 0 Å². The summed E-state index contributed by atoms with van der Waals surface area (Å²) in [4.78, 5) is 16.0. The quantitative estimate of drug-likeness (QED) is 0.166. The average Bonchev–Trinajstić information content (AvgIpc) is 3.59. The predicted octanol–water partition coefficient (Wildman–Crippen LogP) is 12.6. The molecule has 0 N–H and O–H groups in total. The molecule has 0 atom stereocenters. The molecule has 1 aliphatic carbocycles. The molecule has 10 rings (SSSR count). The van der Waals surface area contributed by atoms with Crippen molar-refractivity contribution >= 4 is 0 Å². The monoisotopic (exact) mass is 701 g/mol. The minimum atomic E-state index is -0.613. The molecule has 258 valence electrons. The van der Waals surface area contributed by atoms with Gasteiger partial charge in [0.05, 0.1) is 5.41 Å². The molecule has 1 heterocycles. The number of rotatable bonds is 7. The Morgan fingerprint density at radius 1 is 0.273 bits per heavy atom. The number of benzene rings is 8. The first-order valence-electron chi connectivity index (χ1n) is 18.7. The summed E-state index contributed by atoms with van der Waals surface area (Å²) >= 11 is 0. The zero-order chi connectivity index (χ0) is 36.6. The van der Waals surface area contributed by atoms with Crippen molar-refractivity contribution in [2.45, 2.75) is 5.41 Å². The lowest BCUT2D eigenvalue weighted by atomic mass is 9.66. The lowest BCUT2D eigenvalue weighted by Crippen LogP contribution is -2.29. The highest BCUT2D eigenvalue weighted by atomic mass is 15.0. The van der Waals surface area contributed by atoms with Crippen LogP contribution in [0.25, 0.3) is 67.5 Å². The first kappa shape index (κ1) is 32.4. The van der Waals surface area contributed by atoms with Crippen LogP contribution in [0.1, 0.15) is 22.3 Å². The largest absolute Gasteiger partial charge is 0.208 e. The second kappa shape index (κ2) is 13.6. The van der Waals surface area contributed by atoms with E-state index in [2.05, 4.69) is 200 Å². The van der Waals surface area contributed by atoms with E-state index in [1.807, 2.05) is 12.1 Å². The molecule has 0 saturated heterocycles. The first-order chi connectivity index (χ1) is 27.3. The van der Waals surface area contributed by atoms with Crippen molar-refractivity contribution in [2.75, 3.05) is 0 Å². The van der Waals surface area contributed by atoms with Crippen LogP contribution >= 0.6 is 0 Å². The van der Waals surface area contributed by atoms with E-state index in [1.165, 1.54) is 33.4 Å². The molecule has 0 spiro atoms. The van der Waals surface area contributed by atoms with Crippen molar-refractivity contribution in [3.63, 3.8) is 0 Å². The second-order valence-electron chi connectivity index (χ2n) is 14.0. The summed E-state index contributed by atoms with van der Waals surface area (Å²) in [5.74, 6) is 1.89. The van der Waals surface area contributed by atoms with Crippen LogP contribution in [0, 0.1) is 0 Å². The summed E-state index contributed by atoms with van der Waals surface area (Å²) in [6, 6.07) is 75.1. The fourth-order valence-electron chi connectivity index (χ4n) is 8.38. The number of fused-ring (bicyclic) bond motifs is 3. The summed E-state index contributed by atoms with van der Waals surface area (Å²) in [5.41, 5.74) is 13.9. The molecule has 8 aromatic carbocycles. The maximum Gasteiger partial charge on any atom is 0.164 e. The van der Waals surface area contributed by atoms with Crippen molar-refractivity contribution in [2.24, 2.45) is 0 Å². The van der Waals surface area contributed by atoms with E-state index in [4.69, 9.17) is 15.0 Å². The van der Waals surface area contributed by atoms with E-state index in [0.717, 1.165) is 38.9 Å². The predicted molar refractivity (Wildman–Crippen MR) is 224 cm³/mol. The maximum atomic E-state index is 5.39. The molecule has 0 amide bonds. The molecule has 55 heavy (non-hydrogen) atoms. The summed E-state index contributed by atoms with van der Waals surface area (Å²) < 4.78 is 0. The van der Waals surface area contributed by atoms with Crippen molar-refractivity contribution in [1.29, 1.82) is 0 Å². The number of aromatic nitrogens is 3. The summed E-state index contributed by atoms with van der Waals surface area (Å²) in [6.07, 6.45) is 0. The topological polar surface area (TPSA) is 38.7 Å². The fourth-order valence-corrected chi connectivity index (χ4v) is 8.38. The Morgan fingerprint density at radius 3 is 1.20 bits per heavy atom. The van der Waals surface area contributed by atoms with Gasteiger partial charge in [-0.15, -0.1) is 0 Å². The molecule has 1 aromatic heterocycles. The van der Waals surface area contributed by atoms with Gasteiger partial charge in [-0.3, -0.25) is 0 Å². The maximum absolute atomic E-state index is 5.39. The van der Waals surface area contributed by atoms with E-state index < -0.39 is 5.41 Å². The highest BCUT2D eigenvalue weighted by molar-refractivity contribution is 5.92. The highest BCUT2D eigenvalue weighted by Crippen LogP contribution is 2.58. The van der Waals surface area contributed by atoms with Gasteiger partial charge in [-0.2, -0.15) is 0 Å². The minimum Gasteiger partial charge on any atom is -0.208 e. The smallest absolute Gasteiger partial charge is 0.164 e. The second-order valence-corrected chi connectivity index (χ2v) is 14.0. The van der Waals surface area contributed by atoms with Crippen molar-refractivity contribution in [3.8, 4) is 67.5 Å². The van der Waals surface area contributed by atoms with Gasteiger partial charge in [0.25, 0.3) is 0 Å². The number of nitrogens with zero attached hydrogens (tertiary/aromatic N) is 3. The van der Waals surface area contributed by atoms with E-state index in [0.29, 0.717) is 17.5 Å². The van der Waals surface area contributed by atoms with Crippen molar-refractivity contribution in [3.05, 3.63) is 235 Å². The number of hydrogen-bond donors (Lipinski definition) is 0. The Balaban J connectivity index is 1.26. The van der Waals surface area contributed by atoms with Crippen LogP contribution in [0.2, 0.25) is 0 Å². The lowest BCUT2D eigenvalue weighted by molar-refractivity contribution is 0.769. The molecular formula is C52H35N3. The first-order valence-corrected chi connectivity index (χ1v) is 18.7. The van der Waals surface area contributed by atoms with Gasteiger partial charge >= 0.3 is 0 Å². The fraction of sp³-hybridized carbons (Fsp3) is 0.0192. The third kappa shape index (κ3) is 5.57. The Hall–Kier alpha value is -7.23. The third-order valence-corrected chi connectivity index (χ3v) is 10.8. The Bertz CT molecular complexity index is 2660. The Kier molecular flexibility index (Phi) is 8.04. The summed E-state index contributed by atoms with van der Waals surface area (Å²) in [5, 5.41) is 0. The zero-order valence-corrected chi connectivity index (χ0v) is 30.0. The molecule has 0 bridgehead atoms. The zero-order valence-electron chi connectivity index (χ0n) is 30.0. The van der Waals surface area contributed by atoms with Crippen molar-refractivity contribution < 1.29 is 0 Å². The molecule has 3 heteroatoms. The molecular weight excluding hydrogens is 667 g/mol. The minimum absolute atomic E-state index is 0.613. The normalized spacial score (nSPS) is 12.5. The van der Waals surface area contributed by atoms with Gasteiger partial charge < -0.3 is 0 Å². The van der Waals surface area contributed by atoms with Gasteiger partial charge in [0.15, 0.2) is 17.5 Å². The van der Waals surface area contributed by atoms with Gasteiger partial charge in [-0.25, -0.2) is 15.0 Å². The molecule has 0 saturated carbocycles. The van der Waals surface area contributed by atoms with Crippen LogP contribution in [0.15, 0.2) is 212 Å². The van der Waals surface area contributed by atoms with E-state index in [-0.39, 0.29) is 0 Å². The SMILES string of the molecule is c1ccc(-c2cccc(-c3nc(-c4cccc(-c5ccccc5)c4)nc(-c4cccc5c4C(c4ccccc4)(c4ccccc4)c4ccccc4-5)n3)c2)cc1. The van der Waals surface area contributed by atoms with Crippen molar-refractivity contribution in [1.82, 2.24) is 15.0 Å². The number of hydrogen-bond acceptors (Lipinski definition) is 3. The standard InChI is InChI=1S/C52H35N3/c1-5-18-36(19-6-1)38-22-15-24-40(34-38)49-53-50(41-25-16-23-39(35-41)37-20-7-2-8-21-37)55-51(54-49)46-32-17-31-45-44-30-13-14-33-47(44)52(48(45)46,42-26-9-3-10-27-42)43-28-11-4-12-29-43/h1-35H. The molecule has 0 aliphatic heterocycles. The molecule has 3 nitrogen and oxygen atoms in total. The van der Waals surface area contributed by atoms with E-state index >= 15 is 0 Å². The Labute approximate surface area is 321 Å². The third-order valence-electron chi connectivity index (χ3n) is 10.8. The van der Waals surface area contributed by atoms with Crippen LogP contribution in [0.5, 0.6) is 0 Å². The van der Waals surface area contributed by atoms with Gasteiger partial charge in [0.1, 0.15) is 0 Å². The molecule has 0 radical (unpaired) electrons. The molecule has 1 aliphatic rings. The van der Waals surface area contributed by atoms with Crippen LogP contribution in [-0.4, -0.2) is 15.0 Å². The van der Waals surface area contributed by atoms with Gasteiger partial charge in [-0.1, -0.05) is 200 Å². The lowest BCUT2D eigenvalue weighted by Gasteiger charge is -2.35. The molecule has 0 unspecified atom stereocenters. The average molecular weight is 702 g/mol. The summed E-state index contributed by atoms with van der Waals surface area (Å²) in [7, 11) is 0. The molecule has 0 fully saturated rings. The van der Waals surface area contributed by atoms with Crippen LogP contribution in [-0.2, 0) is 5.41 Å².